The van der Waals surface area contributed by atoms with Crippen LogP contribution in [0.3, 0.4) is 0 Å². The molecule has 5 nitrogen and oxygen atoms in total. The van der Waals surface area contributed by atoms with Crippen molar-refractivity contribution in [2.24, 2.45) is 7.05 Å². The Morgan fingerprint density at radius 1 is 1.35 bits per heavy atom. The van der Waals surface area contributed by atoms with E-state index >= 15 is 0 Å². The SMILES string of the molecule is CN1CCCc2cc(C(O)Cc3ncnn3C)ccc21. The van der Waals surface area contributed by atoms with E-state index in [2.05, 4.69) is 34.2 Å². The normalized spacial score (nSPS) is 16.1. The Kier molecular flexibility index (Phi) is 3.44. The number of hydrogen-bond donors (Lipinski definition) is 1. The minimum atomic E-state index is -0.532. The van der Waals surface area contributed by atoms with Crippen molar-refractivity contribution in [2.45, 2.75) is 25.4 Å². The van der Waals surface area contributed by atoms with Crippen LogP contribution in [-0.2, 0) is 19.9 Å². The van der Waals surface area contributed by atoms with Gasteiger partial charge in [0.05, 0.1) is 6.10 Å². The molecule has 0 bridgehead atoms. The number of aliphatic hydroxyl groups excluding tert-OH is 1. The Hall–Kier alpha value is -1.88. The van der Waals surface area contributed by atoms with Gasteiger partial charge in [0.25, 0.3) is 0 Å². The first-order valence-electron chi connectivity index (χ1n) is 7.00. The Morgan fingerprint density at radius 2 is 2.20 bits per heavy atom. The van der Waals surface area contributed by atoms with E-state index in [4.69, 9.17) is 0 Å². The highest BCUT2D eigenvalue weighted by atomic mass is 16.3. The van der Waals surface area contributed by atoms with Crippen molar-refractivity contribution in [1.29, 1.82) is 0 Å². The molecule has 106 valence electrons. The smallest absolute Gasteiger partial charge is 0.138 e. The van der Waals surface area contributed by atoms with Gasteiger partial charge in [-0.2, -0.15) is 5.10 Å². The predicted octanol–water partition coefficient (Wildman–Crippen LogP) is 1.47. The van der Waals surface area contributed by atoms with Gasteiger partial charge in [0.2, 0.25) is 0 Å². The van der Waals surface area contributed by atoms with Crippen LogP contribution in [-0.4, -0.2) is 33.5 Å². The second kappa shape index (κ2) is 5.25. The van der Waals surface area contributed by atoms with Crippen LogP contribution < -0.4 is 4.90 Å². The molecular weight excluding hydrogens is 252 g/mol. The molecular formula is C15H20N4O. The largest absolute Gasteiger partial charge is 0.388 e. The van der Waals surface area contributed by atoms with Crippen molar-refractivity contribution >= 4 is 5.69 Å². The highest BCUT2D eigenvalue weighted by Crippen LogP contribution is 2.29. The summed E-state index contributed by atoms with van der Waals surface area (Å²) in [6, 6.07) is 6.26. The van der Waals surface area contributed by atoms with Gasteiger partial charge in [0.1, 0.15) is 12.2 Å². The highest BCUT2D eigenvalue weighted by Gasteiger charge is 2.17. The van der Waals surface area contributed by atoms with Crippen LogP contribution in [0, 0.1) is 0 Å². The average Bonchev–Trinajstić information content (AvgIpc) is 2.84. The van der Waals surface area contributed by atoms with Crippen LogP contribution in [0.4, 0.5) is 5.69 Å². The zero-order valence-electron chi connectivity index (χ0n) is 12.0. The fourth-order valence-electron chi connectivity index (χ4n) is 2.81. The van der Waals surface area contributed by atoms with Crippen LogP contribution in [0.15, 0.2) is 24.5 Å². The van der Waals surface area contributed by atoms with Crippen LogP contribution in [0.25, 0.3) is 0 Å². The number of fused-ring (bicyclic) bond motifs is 1. The molecule has 0 amide bonds. The molecule has 20 heavy (non-hydrogen) atoms. The van der Waals surface area contributed by atoms with Crippen molar-refractivity contribution in [3.05, 3.63) is 41.5 Å². The molecule has 5 heteroatoms. The van der Waals surface area contributed by atoms with Gasteiger partial charge in [0, 0.05) is 32.7 Å². The van der Waals surface area contributed by atoms with E-state index in [0.717, 1.165) is 24.4 Å². The van der Waals surface area contributed by atoms with Crippen molar-refractivity contribution in [2.75, 3.05) is 18.5 Å². The van der Waals surface area contributed by atoms with E-state index in [0.29, 0.717) is 6.42 Å². The van der Waals surface area contributed by atoms with E-state index in [1.54, 1.807) is 4.68 Å². The maximum absolute atomic E-state index is 10.4. The zero-order chi connectivity index (χ0) is 14.1. The molecule has 1 N–H and O–H groups in total. The average molecular weight is 272 g/mol. The second-order valence-electron chi connectivity index (χ2n) is 5.43. The number of aryl methyl sites for hydroxylation is 2. The number of aromatic nitrogens is 3. The van der Waals surface area contributed by atoms with Crippen LogP contribution in [0.2, 0.25) is 0 Å². The van der Waals surface area contributed by atoms with Gasteiger partial charge in [0.15, 0.2) is 0 Å². The summed E-state index contributed by atoms with van der Waals surface area (Å²) in [6.45, 7) is 1.10. The predicted molar refractivity (Wildman–Crippen MR) is 77.7 cm³/mol. The molecule has 1 atom stereocenters. The quantitative estimate of drug-likeness (QED) is 0.919. The molecule has 1 aromatic carbocycles. The molecule has 0 spiro atoms. The molecule has 1 aromatic heterocycles. The minimum Gasteiger partial charge on any atom is -0.388 e. The highest BCUT2D eigenvalue weighted by molar-refractivity contribution is 5.56. The molecule has 0 saturated carbocycles. The first-order chi connectivity index (χ1) is 9.65. The maximum atomic E-state index is 10.4. The van der Waals surface area contributed by atoms with E-state index < -0.39 is 6.10 Å². The topological polar surface area (TPSA) is 54.2 Å². The second-order valence-corrected chi connectivity index (χ2v) is 5.43. The van der Waals surface area contributed by atoms with Gasteiger partial charge in [-0.15, -0.1) is 0 Å². The Balaban J connectivity index is 1.82. The van der Waals surface area contributed by atoms with Crippen LogP contribution in [0.1, 0.15) is 29.5 Å². The fourth-order valence-corrected chi connectivity index (χ4v) is 2.81. The third-order valence-corrected chi connectivity index (χ3v) is 4.02. The lowest BCUT2D eigenvalue weighted by Gasteiger charge is -2.28. The Morgan fingerprint density at radius 3 is 2.95 bits per heavy atom. The molecule has 0 radical (unpaired) electrons. The first kappa shape index (κ1) is 13.1. The molecule has 1 aliphatic heterocycles. The molecule has 1 aliphatic rings. The fraction of sp³-hybridized carbons (Fsp3) is 0.467. The first-order valence-corrected chi connectivity index (χ1v) is 7.00. The van der Waals surface area contributed by atoms with E-state index in [1.165, 1.54) is 24.0 Å². The van der Waals surface area contributed by atoms with Gasteiger partial charge >= 0.3 is 0 Å². The molecule has 3 rings (SSSR count). The van der Waals surface area contributed by atoms with E-state index in [1.807, 2.05) is 13.1 Å². The number of rotatable bonds is 3. The minimum absolute atomic E-state index is 0.491. The number of aliphatic hydroxyl groups is 1. The van der Waals surface area contributed by atoms with Crippen LogP contribution >= 0.6 is 0 Å². The summed E-state index contributed by atoms with van der Waals surface area (Å²) < 4.78 is 1.70. The number of hydrogen-bond acceptors (Lipinski definition) is 4. The van der Waals surface area contributed by atoms with Gasteiger partial charge < -0.3 is 10.0 Å². The van der Waals surface area contributed by atoms with Crippen molar-refractivity contribution in [3.63, 3.8) is 0 Å². The number of benzene rings is 1. The Labute approximate surface area is 118 Å². The third kappa shape index (κ3) is 2.41. The van der Waals surface area contributed by atoms with Gasteiger partial charge in [-0.3, -0.25) is 4.68 Å². The lowest BCUT2D eigenvalue weighted by Crippen LogP contribution is -2.24. The van der Waals surface area contributed by atoms with Crippen molar-refractivity contribution in [3.8, 4) is 0 Å². The molecule has 0 aliphatic carbocycles. The third-order valence-electron chi connectivity index (χ3n) is 4.02. The summed E-state index contributed by atoms with van der Waals surface area (Å²) in [5.74, 6) is 0.798. The summed E-state index contributed by atoms with van der Waals surface area (Å²) in [6.07, 6.45) is 3.74. The Bertz CT molecular complexity index is 608. The van der Waals surface area contributed by atoms with E-state index in [-0.39, 0.29) is 0 Å². The summed E-state index contributed by atoms with van der Waals surface area (Å²) >= 11 is 0. The van der Waals surface area contributed by atoms with Crippen LogP contribution in [0.5, 0.6) is 0 Å². The van der Waals surface area contributed by atoms with Gasteiger partial charge in [-0.1, -0.05) is 12.1 Å². The molecule has 2 heterocycles. The number of anilines is 1. The van der Waals surface area contributed by atoms with E-state index in [9.17, 15) is 5.11 Å². The number of nitrogens with zero attached hydrogens (tertiary/aromatic N) is 4. The molecule has 2 aromatic rings. The molecule has 1 unspecified atom stereocenters. The zero-order valence-corrected chi connectivity index (χ0v) is 12.0. The molecule has 0 saturated heterocycles. The monoisotopic (exact) mass is 272 g/mol. The summed E-state index contributed by atoms with van der Waals surface area (Å²) in [4.78, 5) is 6.44. The van der Waals surface area contributed by atoms with Gasteiger partial charge in [-0.25, -0.2) is 4.98 Å². The maximum Gasteiger partial charge on any atom is 0.138 e. The van der Waals surface area contributed by atoms with Crippen molar-refractivity contribution in [1.82, 2.24) is 14.8 Å². The van der Waals surface area contributed by atoms with Crippen molar-refractivity contribution < 1.29 is 5.11 Å². The van der Waals surface area contributed by atoms with Gasteiger partial charge in [-0.05, 0) is 30.0 Å². The lowest BCUT2D eigenvalue weighted by atomic mass is 9.96. The molecule has 0 fully saturated rings. The lowest BCUT2D eigenvalue weighted by molar-refractivity contribution is 0.174. The summed E-state index contributed by atoms with van der Waals surface area (Å²) in [7, 11) is 3.96. The summed E-state index contributed by atoms with van der Waals surface area (Å²) in [5, 5.41) is 14.4. The summed E-state index contributed by atoms with van der Waals surface area (Å²) in [5.41, 5.74) is 3.57. The standard InChI is InChI=1S/C15H20N4O/c1-18-7-3-4-11-8-12(5-6-13(11)18)14(20)9-15-16-10-17-19(15)2/h5-6,8,10,14,20H,3-4,7,9H2,1-2H3.